The first-order chi connectivity index (χ1) is 10.6. The predicted octanol–water partition coefficient (Wildman–Crippen LogP) is 3.85. The van der Waals surface area contributed by atoms with Crippen molar-refractivity contribution in [1.29, 1.82) is 0 Å². The molecule has 1 aromatic carbocycles. The van der Waals surface area contributed by atoms with E-state index in [0.29, 0.717) is 5.92 Å². The highest BCUT2D eigenvalue weighted by Gasteiger charge is 2.26. The summed E-state index contributed by atoms with van der Waals surface area (Å²) in [5.41, 5.74) is 1.96. The monoisotopic (exact) mass is 318 g/mol. The van der Waals surface area contributed by atoms with Gasteiger partial charge in [0.1, 0.15) is 11.3 Å². The van der Waals surface area contributed by atoms with Crippen LogP contribution < -0.4 is 10.6 Å². The van der Waals surface area contributed by atoms with Crippen LogP contribution in [0.1, 0.15) is 31.2 Å². The van der Waals surface area contributed by atoms with Gasteiger partial charge in [0, 0.05) is 22.7 Å². The summed E-state index contributed by atoms with van der Waals surface area (Å²) in [6.07, 6.45) is 0. The van der Waals surface area contributed by atoms with E-state index in [9.17, 15) is 4.79 Å². The topological polar surface area (TPSA) is 54.3 Å². The number of aryl methyl sites for hydroxylation is 1. The van der Waals surface area contributed by atoms with Gasteiger partial charge in [-0.2, -0.15) is 11.8 Å². The number of carbonyl (C=O) groups excluding carboxylic acids is 1. The zero-order valence-electron chi connectivity index (χ0n) is 13.2. The normalized spacial score (nSPS) is 22.7. The molecule has 3 rings (SSSR count). The fraction of sp³-hybridized carbons (Fsp3) is 0.471. The predicted molar refractivity (Wildman–Crippen MR) is 91.3 cm³/mol. The second kappa shape index (κ2) is 6.24. The lowest BCUT2D eigenvalue weighted by Crippen LogP contribution is -2.45. The zero-order chi connectivity index (χ0) is 15.7. The summed E-state index contributed by atoms with van der Waals surface area (Å²) < 4.78 is 5.91. The fourth-order valence-electron chi connectivity index (χ4n) is 2.92. The quantitative estimate of drug-likeness (QED) is 0.903. The van der Waals surface area contributed by atoms with E-state index in [1.165, 1.54) is 0 Å². The van der Waals surface area contributed by atoms with Crippen molar-refractivity contribution in [3.05, 3.63) is 35.6 Å². The minimum Gasteiger partial charge on any atom is -0.459 e. The van der Waals surface area contributed by atoms with Crippen LogP contribution in [0.4, 0.5) is 4.79 Å². The van der Waals surface area contributed by atoms with Crippen LogP contribution in [0.5, 0.6) is 0 Å². The van der Waals surface area contributed by atoms with Crippen molar-refractivity contribution in [2.45, 2.75) is 32.9 Å². The van der Waals surface area contributed by atoms with E-state index in [2.05, 4.69) is 17.6 Å². The molecule has 0 spiro atoms. The van der Waals surface area contributed by atoms with Gasteiger partial charge in [0.25, 0.3) is 0 Å². The number of para-hydroxylation sites is 1. The highest BCUT2D eigenvalue weighted by molar-refractivity contribution is 7.99. The Morgan fingerprint density at radius 3 is 2.82 bits per heavy atom. The van der Waals surface area contributed by atoms with Crippen molar-refractivity contribution in [3.8, 4) is 0 Å². The largest absolute Gasteiger partial charge is 0.459 e. The fourth-order valence-corrected chi connectivity index (χ4v) is 4.33. The smallest absolute Gasteiger partial charge is 0.315 e. The van der Waals surface area contributed by atoms with Gasteiger partial charge in [0.05, 0.1) is 6.04 Å². The van der Waals surface area contributed by atoms with E-state index in [1.54, 1.807) is 0 Å². The number of nitrogens with one attached hydrogen (secondary N) is 2. The molecule has 1 aromatic heterocycles. The molecule has 2 N–H and O–H groups in total. The number of fused-ring (bicyclic) bond motifs is 1. The van der Waals surface area contributed by atoms with Crippen LogP contribution in [-0.2, 0) is 0 Å². The third-order valence-corrected chi connectivity index (χ3v) is 5.66. The minimum absolute atomic E-state index is 0.119. The molecule has 22 heavy (non-hydrogen) atoms. The first-order valence-corrected chi connectivity index (χ1v) is 8.84. The van der Waals surface area contributed by atoms with Crippen molar-refractivity contribution in [2.75, 3.05) is 11.5 Å². The van der Waals surface area contributed by atoms with E-state index in [-0.39, 0.29) is 18.1 Å². The van der Waals surface area contributed by atoms with E-state index < -0.39 is 0 Å². The summed E-state index contributed by atoms with van der Waals surface area (Å²) in [5, 5.41) is 7.17. The molecule has 1 saturated heterocycles. The molecule has 2 amide bonds. The summed E-state index contributed by atoms with van der Waals surface area (Å²) >= 11 is 1.89. The van der Waals surface area contributed by atoms with Crippen LogP contribution in [0.15, 0.2) is 28.7 Å². The Morgan fingerprint density at radius 2 is 2.14 bits per heavy atom. The zero-order valence-corrected chi connectivity index (χ0v) is 14.0. The van der Waals surface area contributed by atoms with Gasteiger partial charge in [-0.05, 0) is 31.6 Å². The van der Waals surface area contributed by atoms with E-state index in [4.69, 9.17) is 4.42 Å². The highest BCUT2D eigenvalue weighted by atomic mass is 32.2. The maximum atomic E-state index is 12.2. The molecule has 2 aromatic rings. The van der Waals surface area contributed by atoms with Crippen LogP contribution in [0.25, 0.3) is 11.0 Å². The number of carbonyl (C=O) groups is 1. The molecule has 4 nitrogen and oxygen atoms in total. The maximum Gasteiger partial charge on any atom is 0.315 e. The van der Waals surface area contributed by atoms with Crippen molar-refractivity contribution < 1.29 is 9.21 Å². The second-order valence-corrected chi connectivity index (χ2v) is 7.12. The number of amides is 2. The summed E-state index contributed by atoms with van der Waals surface area (Å²) in [5.74, 6) is 3.46. The van der Waals surface area contributed by atoms with Gasteiger partial charge in [0.2, 0.25) is 0 Å². The molecule has 2 unspecified atom stereocenters. The van der Waals surface area contributed by atoms with Crippen LogP contribution in [-0.4, -0.2) is 23.6 Å². The van der Waals surface area contributed by atoms with Gasteiger partial charge >= 0.3 is 6.03 Å². The number of thioether (sulfide) groups is 1. The number of urea groups is 1. The van der Waals surface area contributed by atoms with Gasteiger partial charge in [-0.1, -0.05) is 25.1 Å². The van der Waals surface area contributed by atoms with Crippen molar-refractivity contribution in [2.24, 2.45) is 5.92 Å². The molecule has 5 heteroatoms. The molecule has 1 aliphatic rings. The average molecular weight is 318 g/mol. The third kappa shape index (κ3) is 2.95. The van der Waals surface area contributed by atoms with E-state index in [1.807, 2.05) is 49.9 Å². The Morgan fingerprint density at radius 1 is 1.36 bits per heavy atom. The molecule has 1 aliphatic heterocycles. The average Bonchev–Trinajstić information content (AvgIpc) is 3.04. The molecule has 0 radical (unpaired) electrons. The molecule has 118 valence electrons. The summed E-state index contributed by atoms with van der Waals surface area (Å²) in [4.78, 5) is 12.2. The van der Waals surface area contributed by atoms with Crippen LogP contribution in [0.2, 0.25) is 0 Å². The summed E-state index contributed by atoms with van der Waals surface area (Å²) in [7, 11) is 0. The van der Waals surface area contributed by atoms with Crippen molar-refractivity contribution in [1.82, 2.24) is 10.6 Å². The summed E-state index contributed by atoms with van der Waals surface area (Å²) in [6, 6.07) is 7.94. The number of benzene rings is 1. The molecular formula is C17H22N2O2S. The van der Waals surface area contributed by atoms with Gasteiger partial charge in [-0.15, -0.1) is 0 Å². The maximum absolute atomic E-state index is 12.2. The molecule has 0 aliphatic carbocycles. The number of rotatable bonds is 3. The number of hydrogen-bond donors (Lipinski definition) is 2. The molecular weight excluding hydrogens is 296 g/mol. The Labute approximate surface area is 135 Å². The summed E-state index contributed by atoms with van der Waals surface area (Å²) in [6.45, 7) is 6.17. The van der Waals surface area contributed by atoms with Crippen LogP contribution in [0, 0.1) is 12.8 Å². The Hall–Kier alpha value is -1.62. The van der Waals surface area contributed by atoms with Gasteiger partial charge in [-0.3, -0.25) is 0 Å². The van der Waals surface area contributed by atoms with Crippen molar-refractivity contribution >= 4 is 28.8 Å². The number of furan rings is 1. The Kier molecular flexibility index (Phi) is 4.34. The van der Waals surface area contributed by atoms with E-state index >= 15 is 0 Å². The highest BCUT2D eigenvalue weighted by Crippen LogP contribution is 2.29. The lowest BCUT2D eigenvalue weighted by Gasteiger charge is -2.19. The molecule has 1 fully saturated rings. The first kappa shape index (κ1) is 15.3. The van der Waals surface area contributed by atoms with Gasteiger partial charge in [-0.25, -0.2) is 4.79 Å². The molecule has 2 heterocycles. The molecule has 0 bridgehead atoms. The third-order valence-electron chi connectivity index (χ3n) is 4.30. The standard InChI is InChI=1S/C17H22N2O2S/c1-10-8-22-9-14(10)19-17(20)18-12(3)16-11(2)13-6-4-5-7-15(13)21-16/h4-7,10,12,14H,8-9H2,1-3H3,(H2,18,19,20)/t10?,12-,14?/m1/s1. The Balaban J connectivity index is 1.69. The Bertz CT molecular complexity index is 682. The number of hydrogen-bond acceptors (Lipinski definition) is 3. The van der Waals surface area contributed by atoms with E-state index in [0.717, 1.165) is 33.8 Å². The SMILES string of the molecule is Cc1c([C@@H](C)NC(=O)NC2CSCC2C)oc2ccccc12. The van der Waals surface area contributed by atoms with Gasteiger partial charge in [0.15, 0.2) is 0 Å². The van der Waals surface area contributed by atoms with Gasteiger partial charge < -0.3 is 15.1 Å². The molecule has 3 atom stereocenters. The lowest BCUT2D eigenvalue weighted by atomic mass is 10.1. The first-order valence-electron chi connectivity index (χ1n) is 7.69. The minimum atomic E-state index is -0.156. The van der Waals surface area contributed by atoms with Crippen molar-refractivity contribution in [3.63, 3.8) is 0 Å². The second-order valence-electron chi connectivity index (χ2n) is 6.05. The lowest BCUT2D eigenvalue weighted by molar-refractivity contribution is 0.231. The van der Waals surface area contributed by atoms with Crippen LogP contribution >= 0.6 is 11.8 Å². The van der Waals surface area contributed by atoms with Crippen LogP contribution in [0.3, 0.4) is 0 Å². The molecule has 0 saturated carbocycles.